The minimum absolute atomic E-state index is 0.274. The van der Waals surface area contributed by atoms with E-state index in [-0.39, 0.29) is 12.5 Å². The highest BCUT2D eigenvalue weighted by Gasteiger charge is 2.26. The summed E-state index contributed by atoms with van der Waals surface area (Å²) in [4.78, 5) is 26.4. The van der Waals surface area contributed by atoms with E-state index in [0.717, 1.165) is 16.0 Å². The van der Waals surface area contributed by atoms with Crippen LogP contribution in [-0.2, 0) is 4.79 Å². The highest BCUT2D eigenvalue weighted by molar-refractivity contribution is 7.98. The lowest BCUT2D eigenvalue weighted by atomic mass is 9.99. The van der Waals surface area contributed by atoms with E-state index in [4.69, 9.17) is 5.26 Å². The molecular weight excluding hydrogens is 346 g/mol. The molecule has 26 heavy (non-hydrogen) atoms. The molecular formula is C20H21N3O2S. The van der Waals surface area contributed by atoms with E-state index in [9.17, 15) is 9.59 Å². The van der Waals surface area contributed by atoms with Gasteiger partial charge in [0.1, 0.15) is 6.04 Å². The zero-order valence-corrected chi connectivity index (χ0v) is 15.6. The van der Waals surface area contributed by atoms with Crippen LogP contribution < -0.4 is 5.32 Å². The third-order valence-corrected chi connectivity index (χ3v) is 4.56. The number of benzene rings is 2. The third kappa shape index (κ3) is 4.64. The van der Waals surface area contributed by atoms with E-state index in [1.807, 2.05) is 54.9 Å². The summed E-state index contributed by atoms with van der Waals surface area (Å²) in [7, 11) is 0. The molecule has 1 unspecified atom stereocenters. The Morgan fingerprint density at radius 2 is 1.81 bits per heavy atom. The van der Waals surface area contributed by atoms with Crippen molar-refractivity contribution in [2.75, 3.05) is 18.6 Å². The zero-order chi connectivity index (χ0) is 18.9. The van der Waals surface area contributed by atoms with Crippen molar-refractivity contribution in [3.8, 4) is 17.3 Å². The molecule has 2 aromatic rings. The van der Waals surface area contributed by atoms with Crippen molar-refractivity contribution >= 4 is 23.6 Å². The molecule has 2 aromatic carbocycles. The fourth-order valence-electron chi connectivity index (χ4n) is 2.59. The molecule has 0 spiro atoms. The number of nitrogens with zero attached hydrogens (tertiary/aromatic N) is 2. The van der Waals surface area contributed by atoms with Crippen LogP contribution in [0.3, 0.4) is 0 Å². The molecule has 5 nitrogen and oxygen atoms in total. The summed E-state index contributed by atoms with van der Waals surface area (Å²) in [6, 6.07) is 16.1. The van der Waals surface area contributed by atoms with E-state index in [1.54, 1.807) is 19.1 Å². The zero-order valence-electron chi connectivity index (χ0n) is 14.8. The van der Waals surface area contributed by atoms with Gasteiger partial charge >= 0.3 is 0 Å². The first-order chi connectivity index (χ1) is 12.6. The number of hydrogen-bond acceptors (Lipinski definition) is 4. The summed E-state index contributed by atoms with van der Waals surface area (Å²) >= 11 is 1.44. The summed E-state index contributed by atoms with van der Waals surface area (Å²) < 4.78 is 0. The second kappa shape index (κ2) is 9.64. The number of carbonyl (C=O) groups is 2. The quantitative estimate of drug-likeness (QED) is 0.603. The topological polar surface area (TPSA) is 73.2 Å². The monoisotopic (exact) mass is 367 g/mol. The van der Waals surface area contributed by atoms with Gasteiger partial charge in [0, 0.05) is 17.9 Å². The highest BCUT2D eigenvalue weighted by Crippen LogP contribution is 2.23. The Labute approximate surface area is 158 Å². The van der Waals surface area contributed by atoms with E-state index in [1.165, 1.54) is 11.8 Å². The summed E-state index contributed by atoms with van der Waals surface area (Å²) in [5.41, 5.74) is 2.23. The van der Waals surface area contributed by atoms with E-state index >= 15 is 0 Å². The molecule has 0 heterocycles. The van der Waals surface area contributed by atoms with Gasteiger partial charge in [-0.3, -0.25) is 9.59 Å². The van der Waals surface area contributed by atoms with Crippen molar-refractivity contribution in [3.63, 3.8) is 0 Å². The summed E-state index contributed by atoms with van der Waals surface area (Å²) in [6.45, 7) is 2.00. The summed E-state index contributed by atoms with van der Waals surface area (Å²) in [6.07, 6.45) is 3.72. The number of likely N-dealkylation sites (N-methyl/N-ethyl adjacent to an activating group) is 1. The third-order valence-electron chi connectivity index (χ3n) is 3.90. The number of rotatable bonds is 7. The molecule has 134 valence electrons. The van der Waals surface area contributed by atoms with Crippen molar-refractivity contribution in [3.05, 3.63) is 60.2 Å². The molecule has 0 aliphatic rings. The van der Waals surface area contributed by atoms with Crippen molar-refractivity contribution in [1.82, 2.24) is 10.2 Å². The van der Waals surface area contributed by atoms with Crippen LogP contribution >= 0.6 is 11.8 Å². The molecule has 2 amide bonds. The maximum absolute atomic E-state index is 12.9. The normalized spacial score (nSPS) is 11.3. The van der Waals surface area contributed by atoms with E-state index < -0.39 is 11.9 Å². The smallest absolute Gasteiger partial charge is 0.259 e. The number of hydrogen-bond donors (Lipinski definition) is 1. The molecule has 1 atom stereocenters. The van der Waals surface area contributed by atoms with Gasteiger partial charge in [-0.05, 0) is 30.4 Å². The number of carbonyl (C=O) groups excluding carboxylic acids is 2. The second-order valence-electron chi connectivity index (χ2n) is 5.58. The van der Waals surface area contributed by atoms with Crippen LogP contribution in [0.15, 0.2) is 54.6 Å². The summed E-state index contributed by atoms with van der Waals surface area (Å²) in [5, 5.41) is 11.9. The molecule has 0 saturated carbocycles. The molecule has 0 saturated heterocycles. The van der Waals surface area contributed by atoms with Crippen LogP contribution in [0.25, 0.3) is 11.1 Å². The molecule has 0 aromatic heterocycles. The van der Waals surface area contributed by atoms with Crippen LogP contribution in [0.5, 0.6) is 0 Å². The first-order valence-corrected chi connectivity index (χ1v) is 9.67. The number of nitriles is 1. The number of amides is 2. The molecule has 0 radical (unpaired) electrons. The number of thioether (sulfide) groups is 1. The maximum atomic E-state index is 12.9. The van der Waals surface area contributed by atoms with Gasteiger partial charge in [0.2, 0.25) is 0 Å². The Morgan fingerprint density at radius 1 is 1.15 bits per heavy atom. The van der Waals surface area contributed by atoms with Crippen LogP contribution in [0.2, 0.25) is 0 Å². The standard InChI is InChI=1S/C20H21N3O2S/c1-3-23(14-21)20(25)18(13-26-2)22-19(24)17-12-8-7-11-16(17)15-9-5-4-6-10-15/h4-12,18H,3,13H2,1-2H3,(H,22,24). The molecule has 6 heteroatoms. The van der Waals surface area contributed by atoms with Crippen molar-refractivity contribution < 1.29 is 9.59 Å². The van der Waals surface area contributed by atoms with Gasteiger partial charge in [-0.1, -0.05) is 48.5 Å². The van der Waals surface area contributed by atoms with Crippen molar-refractivity contribution in [2.45, 2.75) is 13.0 Å². The SMILES string of the molecule is CCN(C#N)C(=O)C(CSC)NC(=O)c1ccccc1-c1ccccc1. The van der Waals surface area contributed by atoms with Gasteiger partial charge in [-0.25, -0.2) is 4.90 Å². The van der Waals surface area contributed by atoms with Gasteiger partial charge in [-0.2, -0.15) is 17.0 Å². The Balaban J connectivity index is 2.28. The Kier molecular flexibility index (Phi) is 7.24. The predicted octanol–water partition coefficient (Wildman–Crippen LogP) is 3.14. The van der Waals surface area contributed by atoms with Crippen LogP contribution in [0.4, 0.5) is 0 Å². The predicted molar refractivity (Wildman–Crippen MR) is 105 cm³/mol. The van der Waals surface area contributed by atoms with Crippen LogP contribution in [0, 0.1) is 11.5 Å². The van der Waals surface area contributed by atoms with Crippen LogP contribution in [-0.4, -0.2) is 41.3 Å². The largest absolute Gasteiger partial charge is 0.339 e. The average molecular weight is 367 g/mol. The minimum atomic E-state index is -0.749. The molecule has 0 aliphatic carbocycles. The number of nitrogens with one attached hydrogen (secondary N) is 1. The van der Waals surface area contributed by atoms with Gasteiger partial charge in [0.05, 0.1) is 0 Å². The lowest BCUT2D eigenvalue weighted by Gasteiger charge is -2.21. The molecule has 2 rings (SSSR count). The molecule has 0 bridgehead atoms. The Bertz CT molecular complexity index is 802. The first-order valence-electron chi connectivity index (χ1n) is 8.27. The van der Waals surface area contributed by atoms with Gasteiger partial charge in [0.15, 0.2) is 6.19 Å². The minimum Gasteiger partial charge on any atom is -0.339 e. The van der Waals surface area contributed by atoms with Crippen molar-refractivity contribution in [2.24, 2.45) is 0 Å². The van der Waals surface area contributed by atoms with Crippen LogP contribution in [0.1, 0.15) is 17.3 Å². The van der Waals surface area contributed by atoms with Gasteiger partial charge < -0.3 is 5.32 Å². The fourth-order valence-corrected chi connectivity index (χ4v) is 3.15. The second-order valence-corrected chi connectivity index (χ2v) is 6.49. The molecule has 0 aliphatic heterocycles. The summed E-state index contributed by atoms with van der Waals surface area (Å²) in [5.74, 6) is -0.322. The van der Waals surface area contributed by atoms with Crippen molar-refractivity contribution in [1.29, 1.82) is 5.26 Å². The first kappa shape index (κ1) is 19.5. The van der Waals surface area contributed by atoms with E-state index in [2.05, 4.69) is 5.32 Å². The highest BCUT2D eigenvalue weighted by atomic mass is 32.2. The fraction of sp³-hybridized carbons (Fsp3) is 0.250. The Morgan fingerprint density at radius 3 is 2.42 bits per heavy atom. The lowest BCUT2D eigenvalue weighted by Crippen LogP contribution is -2.48. The molecule has 1 N–H and O–H groups in total. The Hall–Kier alpha value is -2.78. The van der Waals surface area contributed by atoms with Gasteiger partial charge in [-0.15, -0.1) is 0 Å². The molecule has 0 fully saturated rings. The maximum Gasteiger partial charge on any atom is 0.259 e. The lowest BCUT2D eigenvalue weighted by molar-refractivity contribution is -0.129. The average Bonchev–Trinajstić information content (AvgIpc) is 2.69. The van der Waals surface area contributed by atoms with E-state index in [0.29, 0.717) is 11.3 Å². The van der Waals surface area contributed by atoms with Gasteiger partial charge in [0.25, 0.3) is 11.8 Å².